The molecule has 0 unspecified atom stereocenters. The van der Waals surface area contributed by atoms with Crippen LogP contribution in [0.15, 0.2) is 40.6 Å². The van der Waals surface area contributed by atoms with E-state index in [-0.39, 0.29) is 5.92 Å². The smallest absolute Gasteiger partial charge is 0.243 e. The van der Waals surface area contributed by atoms with Crippen LogP contribution in [0, 0.1) is 0 Å². The van der Waals surface area contributed by atoms with E-state index in [9.17, 15) is 8.42 Å². The van der Waals surface area contributed by atoms with E-state index in [1.807, 2.05) is 31.4 Å². The van der Waals surface area contributed by atoms with Crippen molar-refractivity contribution in [2.75, 3.05) is 14.2 Å². The first-order valence-electron chi connectivity index (χ1n) is 7.03. The van der Waals surface area contributed by atoms with Gasteiger partial charge in [0, 0.05) is 18.5 Å². The van der Waals surface area contributed by atoms with Crippen LogP contribution < -0.4 is 4.74 Å². The molecular formula is C16H21NO3S2. The van der Waals surface area contributed by atoms with Crippen molar-refractivity contribution in [2.24, 2.45) is 0 Å². The number of hydrogen-bond acceptors (Lipinski definition) is 4. The van der Waals surface area contributed by atoms with Crippen molar-refractivity contribution in [3.8, 4) is 5.75 Å². The highest BCUT2D eigenvalue weighted by molar-refractivity contribution is 7.89. The summed E-state index contributed by atoms with van der Waals surface area (Å²) in [6.07, 6.45) is 0. The number of methoxy groups -OCH3 is 1. The summed E-state index contributed by atoms with van der Waals surface area (Å²) in [7, 11) is -0.311. The Morgan fingerprint density at radius 3 is 2.55 bits per heavy atom. The molecule has 1 aromatic heterocycles. The van der Waals surface area contributed by atoms with Gasteiger partial charge >= 0.3 is 0 Å². The molecule has 1 aromatic carbocycles. The van der Waals surface area contributed by atoms with Gasteiger partial charge in [0.05, 0.1) is 12.0 Å². The zero-order valence-corrected chi connectivity index (χ0v) is 14.9. The van der Waals surface area contributed by atoms with Gasteiger partial charge in [-0.25, -0.2) is 8.42 Å². The van der Waals surface area contributed by atoms with Crippen molar-refractivity contribution in [1.82, 2.24) is 4.31 Å². The third-order valence-corrected chi connectivity index (χ3v) is 6.15. The summed E-state index contributed by atoms with van der Waals surface area (Å²) >= 11 is 1.55. The lowest BCUT2D eigenvalue weighted by molar-refractivity contribution is 0.407. The molecule has 0 aliphatic rings. The van der Waals surface area contributed by atoms with Crippen molar-refractivity contribution >= 4 is 21.4 Å². The number of sulfonamides is 1. The van der Waals surface area contributed by atoms with Gasteiger partial charge in [-0.1, -0.05) is 19.9 Å². The Hall–Kier alpha value is -1.37. The average molecular weight is 339 g/mol. The maximum Gasteiger partial charge on any atom is 0.243 e. The molecule has 0 bridgehead atoms. The Balaban J connectivity index is 2.34. The fourth-order valence-corrected chi connectivity index (χ4v) is 4.23. The van der Waals surface area contributed by atoms with E-state index in [0.717, 1.165) is 16.2 Å². The second kappa shape index (κ2) is 6.81. The Labute approximate surface area is 136 Å². The van der Waals surface area contributed by atoms with E-state index in [0.29, 0.717) is 11.4 Å². The van der Waals surface area contributed by atoms with Crippen LogP contribution in [0.1, 0.15) is 30.2 Å². The Bertz CT molecular complexity index is 722. The predicted molar refractivity (Wildman–Crippen MR) is 90.1 cm³/mol. The van der Waals surface area contributed by atoms with Gasteiger partial charge in [0.15, 0.2) is 0 Å². The molecular weight excluding hydrogens is 318 g/mol. The van der Waals surface area contributed by atoms with Gasteiger partial charge in [-0.3, -0.25) is 0 Å². The lowest BCUT2D eigenvalue weighted by Crippen LogP contribution is -2.26. The number of hydrogen-bond donors (Lipinski definition) is 0. The molecule has 0 radical (unpaired) electrons. The Morgan fingerprint density at radius 2 is 2.00 bits per heavy atom. The van der Waals surface area contributed by atoms with Gasteiger partial charge in [0.2, 0.25) is 10.0 Å². The minimum Gasteiger partial charge on any atom is -0.496 e. The monoisotopic (exact) mass is 339 g/mol. The Kier molecular flexibility index (Phi) is 5.26. The SMILES string of the molecule is COc1ccc(S(=O)(=O)N(C)Cc2cccs2)cc1C(C)C. The third-order valence-electron chi connectivity index (χ3n) is 3.49. The van der Waals surface area contributed by atoms with Crippen LogP contribution in [-0.2, 0) is 16.6 Å². The molecule has 2 aromatic rings. The summed E-state index contributed by atoms with van der Waals surface area (Å²) in [5, 5.41) is 1.94. The van der Waals surface area contributed by atoms with Crippen LogP contribution in [0.5, 0.6) is 5.75 Å². The quantitative estimate of drug-likeness (QED) is 0.806. The normalized spacial score (nSPS) is 12.1. The summed E-state index contributed by atoms with van der Waals surface area (Å²) in [4.78, 5) is 1.32. The molecule has 0 spiro atoms. The summed E-state index contributed by atoms with van der Waals surface area (Å²) in [6.45, 7) is 4.41. The zero-order valence-electron chi connectivity index (χ0n) is 13.2. The minimum atomic E-state index is -3.51. The minimum absolute atomic E-state index is 0.188. The van der Waals surface area contributed by atoms with Crippen molar-refractivity contribution in [1.29, 1.82) is 0 Å². The predicted octanol–water partition coefficient (Wildman–Crippen LogP) is 3.70. The molecule has 1 heterocycles. The molecule has 0 saturated heterocycles. The van der Waals surface area contributed by atoms with Gasteiger partial charge < -0.3 is 4.74 Å². The van der Waals surface area contributed by atoms with Crippen molar-refractivity contribution in [2.45, 2.75) is 31.2 Å². The van der Waals surface area contributed by atoms with E-state index >= 15 is 0 Å². The highest BCUT2D eigenvalue weighted by Gasteiger charge is 2.23. The molecule has 120 valence electrons. The second-order valence-electron chi connectivity index (χ2n) is 5.40. The first-order valence-corrected chi connectivity index (χ1v) is 9.35. The van der Waals surface area contributed by atoms with E-state index in [4.69, 9.17) is 4.74 Å². The van der Waals surface area contributed by atoms with Crippen LogP contribution >= 0.6 is 11.3 Å². The maximum absolute atomic E-state index is 12.7. The van der Waals surface area contributed by atoms with Gasteiger partial charge in [0.25, 0.3) is 0 Å². The van der Waals surface area contributed by atoms with E-state index in [1.165, 1.54) is 4.31 Å². The number of benzene rings is 1. The number of rotatable bonds is 6. The highest BCUT2D eigenvalue weighted by atomic mass is 32.2. The first-order chi connectivity index (χ1) is 10.4. The molecule has 0 N–H and O–H groups in total. The summed E-state index contributed by atoms with van der Waals surface area (Å²) in [6, 6.07) is 8.89. The standard InChI is InChI=1S/C16H21NO3S2/c1-12(2)15-10-14(7-8-16(15)20-4)22(18,19)17(3)11-13-6-5-9-21-13/h5-10,12H,11H2,1-4H3. The molecule has 0 saturated carbocycles. The average Bonchev–Trinajstić information content (AvgIpc) is 2.99. The van der Waals surface area contributed by atoms with E-state index in [1.54, 1.807) is 43.7 Å². The molecule has 0 aliphatic heterocycles. The lowest BCUT2D eigenvalue weighted by Gasteiger charge is -2.19. The third kappa shape index (κ3) is 3.51. The number of ether oxygens (including phenoxy) is 1. The van der Waals surface area contributed by atoms with Crippen LogP contribution in [0.2, 0.25) is 0 Å². The summed E-state index contributed by atoms with van der Waals surface area (Å²) < 4.78 is 32.1. The maximum atomic E-state index is 12.7. The first kappa shape index (κ1) is 17.0. The molecule has 22 heavy (non-hydrogen) atoms. The van der Waals surface area contributed by atoms with Gasteiger partial charge in [-0.05, 0) is 41.1 Å². The summed E-state index contributed by atoms with van der Waals surface area (Å²) in [5.41, 5.74) is 0.896. The molecule has 0 amide bonds. The topological polar surface area (TPSA) is 46.6 Å². The van der Waals surface area contributed by atoms with Crippen LogP contribution in [-0.4, -0.2) is 26.9 Å². The molecule has 6 heteroatoms. The largest absolute Gasteiger partial charge is 0.496 e. The molecule has 0 atom stereocenters. The van der Waals surface area contributed by atoms with Crippen molar-refractivity contribution < 1.29 is 13.2 Å². The second-order valence-corrected chi connectivity index (χ2v) is 8.48. The van der Waals surface area contributed by atoms with Gasteiger partial charge in [-0.15, -0.1) is 11.3 Å². The van der Waals surface area contributed by atoms with Crippen LogP contribution in [0.3, 0.4) is 0 Å². The Morgan fingerprint density at radius 1 is 1.27 bits per heavy atom. The van der Waals surface area contributed by atoms with Crippen LogP contribution in [0.25, 0.3) is 0 Å². The number of thiophene rings is 1. The van der Waals surface area contributed by atoms with E-state index < -0.39 is 10.0 Å². The van der Waals surface area contributed by atoms with Gasteiger partial charge in [-0.2, -0.15) is 4.31 Å². The fourth-order valence-electron chi connectivity index (χ4n) is 2.21. The van der Waals surface area contributed by atoms with Crippen molar-refractivity contribution in [3.05, 3.63) is 46.2 Å². The number of nitrogens with zero attached hydrogens (tertiary/aromatic N) is 1. The fraction of sp³-hybridized carbons (Fsp3) is 0.375. The zero-order chi connectivity index (χ0) is 16.3. The molecule has 0 fully saturated rings. The van der Waals surface area contributed by atoms with E-state index in [2.05, 4.69) is 0 Å². The van der Waals surface area contributed by atoms with Crippen molar-refractivity contribution in [3.63, 3.8) is 0 Å². The van der Waals surface area contributed by atoms with Gasteiger partial charge in [0.1, 0.15) is 5.75 Å². The lowest BCUT2D eigenvalue weighted by atomic mass is 10.0. The molecule has 2 rings (SSSR count). The molecule has 4 nitrogen and oxygen atoms in total. The summed E-state index contributed by atoms with van der Waals surface area (Å²) in [5.74, 6) is 0.905. The highest BCUT2D eigenvalue weighted by Crippen LogP contribution is 2.30. The van der Waals surface area contributed by atoms with Crippen LogP contribution in [0.4, 0.5) is 0 Å². The molecule has 0 aliphatic carbocycles.